The van der Waals surface area contributed by atoms with E-state index in [1.165, 1.54) is 0 Å². The minimum absolute atomic E-state index is 0.0521. The highest BCUT2D eigenvalue weighted by molar-refractivity contribution is 5.78. The van der Waals surface area contributed by atoms with Crippen LogP contribution in [0.2, 0.25) is 0 Å². The van der Waals surface area contributed by atoms with Gasteiger partial charge in [0.1, 0.15) is 0 Å². The first-order valence-corrected chi connectivity index (χ1v) is 4.98. The summed E-state index contributed by atoms with van der Waals surface area (Å²) in [5, 5.41) is 5.98. The molecule has 4 heteroatoms. The molecule has 0 atom stereocenters. The third-order valence-corrected chi connectivity index (χ3v) is 1.54. The number of carbonyl (C=O) groups is 1. The Morgan fingerprint density at radius 1 is 1.29 bits per heavy atom. The van der Waals surface area contributed by atoms with E-state index in [0.29, 0.717) is 6.54 Å². The Labute approximate surface area is 87.0 Å². The minimum Gasteiger partial charge on any atom is -0.350 e. The Morgan fingerprint density at radius 3 is 2.29 bits per heavy atom. The summed E-state index contributed by atoms with van der Waals surface area (Å²) in [6.45, 7) is 8.11. The van der Waals surface area contributed by atoms with Crippen molar-refractivity contribution in [2.75, 3.05) is 33.7 Å². The average Bonchev–Trinajstić information content (AvgIpc) is 1.94. The smallest absolute Gasteiger partial charge is 0.234 e. The predicted molar refractivity (Wildman–Crippen MR) is 59.3 cm³/mol. The Hall–Kier alpha value is -0.610. The van der Waals surface area contributed by atoms with Crippen LogP contribution in [-0.2, 0) is 4.79 Å². The third kappa shape index (κ3) is 9.48. The van der Waals surface area contributed by atoms with Crippen LogP contribution in [0.5, 0.6) is 0 Å². The second kappa shape index (κ2) is 5.98. The first-order valence-electron chi connectivity index (χ1n) is 4.98. The molecular formula is C10H23N3O. The highest BCUT2D eigenvalue weighted by Gasteiger charge is 2.12. The van der Waals surface area contributed by atoms with Gasteiger partial charge in [-0.15, -0.1) is 0 Å². The number of hydrogen-bond donors (Lipinski definition) is 2. The van der Waals surface area contributed by atoms with Crippen molar-refractivity contribution in [3.8, 4) is 0 Å². The monoisotopic (exact) mass is 201 g/mol. The van der Waals surface area contributed by atoms with Crippen LogP contribution in [0.4, 0.5) is 0 Å². The van der Waals surface area contributed by atoms with Gasteiger partial charge in [-0.1, -0.05) is 0 Å². The van der Waals surface area contributed by atoms with Crippen molar-refractivity contribution in [3.05, 3.63) is 0 Å². The molecule has 0 radical (unpaired) electrons. The van der Waals surface area contributed by atoms with Crippen molar-refractivity contribution in [2.45, 2.75) is 26.3 Å². The maximum absolute atomic E-state index is 11.3. The molecule has 0 spiro atoms. The van der Waals surface area contributed by atoms with Gasteiger partial charge in [-0.25, -0.2) is 0 Å². The van der Waals surface area contributed by atoms with Gasteiger partial charge in [0.2, 0.25) is 5.91 Å². The van der Waals surface area contributed by atoms with Crippen LogP contribution in [0, 0.1) is 0 Å². The van der Waals surface area contributed by atoms with Gasteiger partial charge in [0.15, 0.2) is 0 Å². The van der Waals surface area contributed by atoms with Gasteiger partial charge >= 0.3 is 0 Å². The van der Waals surface area contributed by atoms with Gasteiger partial charge in [-0.2, -0.15) is 0 Å². The van der Waals surface area contributed by atoms with Crippen LogP contribution >= 0.6 is 0 Å². The number of carbonyl (C=O) groups excluding carboxylic acids is 1. The average molecular weight is 201 g/mol. The zero-order valence-electron chi connectivity index (χ0n) is 9.98. The van der Waals surface area contributed by atoms with Crippen molar-refractivity contribution in [3.63, 3.8) is 0 Å². The first-order chi connectivity index (χ1) is 6.31. The topological polar surface area (TPSA) is 44.4 Å². The molecule has 0 aliphatic rings. The summed E-state index contributed by atoms with van der Waals surface area (Å²) >= 11 is 0. The Bertz CT molecular complexity index is 173. The Balaban J connectivity index is 3.46. The van der Waals surface area contributed by atoms with E-state index in [4.69, 9.17) is 0 Å². The highest BCUT2D eigenvalue weighted by atomic mass is 16.2. The van der Waals surface area contributed by atoms with Gasteiger partial charge in [0, 0.05) is 18.6 Å². The Morgan fingerprint density at radius 2 is 1.86 bits per heavy atom. The second-order valence-electron chi connectivity index (χ2n) is 4.78. The number of rotatable bonds is 5. The largest absolute Gasteiger partial charge is 0.350 e. The van der Waals surface area contributed by atoms with Crippen molar-refractivity contribution < 1.29 is 4.79 Å². The summed E-state index contributed by atoms with van der Waals surface area (Å²) in [5.41, 5.74) is -0.139. The quantitative estimate of drug-likeness (QED) is 0.618. The molecular weight excluding hydrogens is 178 g/mol. The molecule has 0 saturated carbocycles. The summed E-state index contributed by atoms with van der Waals surface area (Å²) in [7, 11) is 4.02. The molecule has 0 bridgehead atoms. The lowest BCUT2D eigenvalue weighted by molar-refractivity contribution is -0.121. The number of amides is 1. The molecule has 0 unspecified atom stereocenters. The van der Waals surface area contributed by atoms with Crippen molar-refractivity contribution >= 4 is 5.91 Å². The summed E-state index contributed by atoms with van der Waals surface area (Å²) in [4.78, 5) is 13.4. The van der Waals surface area contributed by atoms with Crippen molar-refractivity contribution in [1.82, 2.24) is 15.5 Å². The van der Waals surface area contributed by atoms with E-state index >= 15 is 0 Å². The normalized spacial score (nSPS) is 11.9. The molecule has 14 heavy (non-hydrogen) atoms. The van der Waals surface area contributed by atoms with E-state index in [9.17, 15) is 4.79 Å². The minimum atomic E-state index is -0.139. The van der Waals surface area contributed by atoms with Crippen LogP contribution < -0.4 is 10.6 Å². The van der Waals surface area contributed by atoms with E-state index in [1.807, 2.05) is 34.9 Å². The van der Waals surface area contributed by atoms with E-state index in [1.54, 1.807) is 0 Å². The standard InChI is InChI=1S/C10H23N3O/c1-10(2,3)12-9(14)8-11-6-7-13(4)5/h11H,6-8H2,1-5H3,(H,12,14). The zero-order chi connectivity index (χ0) is 11.2. The SMILES string of the molecule is CN(C)CCNCC(=O)NC(C)(C)C. The lowest BCUT2D eigenvalue weighted by Gasteiger charge is -2.20. The van der Waals surface area contributed by atoms with Gasteiger partial charge in [0.25, 0.3) is 0 Å². The van der Waals surface area contributed by atoms with Crippen LogP contribution in [0.1, 0.15) is 20.8 Å². The lowest BCUT2D eigenvalue weighted by atomic mass is 10.1. The van der Waals surface area contributed by atoms with Crippen LogP contribution in [-0.4, -0.2) is 50.1 Å². The molecule has 4 nitrogen and oxygen atoms in total. The number of likely N-dealkylation sites (N-methyl/N-ethyl adjacent to an activating group) is 1. The summed E-state index contributed by atoms with van der Waals surface area (Å²) < 4.78 is 0. The molecule has 0 saturated heterocycles. The molecule has 0 heterocycles. The van der Waals surface area contributed by atoms with Gasteiger partial charge in [-0.05, 0) is 34.9 Å². The van der Waals surface area contributed by atoms with Gasteiger partial charge < -0.3 is 15.5 Å². The molecule has 0 aromatic carbocycles. The molecule has 0 aromatic heterocycles. The van der Waals surface area contributed by atoms with Crippen molar-refractivity contribution in [1.29, 1.82) is 0 Å². The molecule has 2 N–H and O–H groups in total. The highest BCUT2D eigenvalue weighted by Crippen LogP contribution is 1.96. The van der Waals surface area contributed by atoms with Crippen LogP contribution in [0.3, 0.4) is 0 Å². The summed E-state index contributed by atoms with van der Waals surface area (Å²) in [6.07, 6.45) is 0. The van der Waals surface area contributed by atoms with E-state index in [2.05, 4.69) is 15.5 Å². The van der Waals surface area contributed by atoms with Crippen molar-refractivity contribution in [2.24, 2.45) is 0 Å². The fourth-order valence-electron chi connectivity index (χ4n) is 0.967. The zero-order valence-corrected chi connectivity index (χ0v) is 9.98. The molecule has 0 aromatic rings. The third-order valence-electron chi connectivity index (χ3n) is 1.54. The molecule has 0 rings (SSSR count). The lowest BCUT2D eigenvalue weighted by Crippen LogP contribution is -2.45. The van der Waals surface area contributed by atoms with Crippen LogP contribution in [0.25, 0.3) is 0 Å². The Kier molecular flexibility index (Phi) is 5.72. The van der Waals surface area contributed by atoms with Gasteiger partial charge in [0.05, 0.1) is 6.54 Å². The van der Waals surface area contributed by atoms with E-state index < -0.39 is 0 Å². The molecule has 0 fully saturated rings. The molecule has 1 amide bonds. The second-order valence-corrected chi connectivity index (χ2v) is 4.78. The number of hydrogen-bond acceptors (Lipinski definition) is 3. The fraction of sp³-hybridized carbons (Fsp3) is 0.900. The fourth-order valence-corrected chi connectivity index (χ4v) is 0.967. The summed E-state index contributed by atoms with van der Waals surface area (Å²) in [5.74, 6) is 0.0521. The maximum Gasteiger partial charge on any atom is 0.234 e. The maximum atomic E-state index is 11.3. The van der Waals surface area contributed by atoms with E-state index in [-0.39, 0.29) is 11.4 Å². The van der Waals surface area contributed by atoms with Gasteiger partial charge in [-0.3, -0.25) is 4.79 Å². The van der Waals surface area contributed by atoms with Crippen LogP contribution in [0.15, 0.2) is 0 Å². The number of nitrogens with one attached hydrogen (secondary N) is 2. The summed E-state index contributed by atoms with van der Waals surface area (Å²) in [6, 6.07) is 0. The number of nitrogens with zero attached hydrogens (tertiary/aromatic N) is 1. The molecule has 0 aliphatic carbocycles. The first kappa shape index (κ1) is 13.4. The molecule has 0 aliphatic heterocycles. The predicted octanol–water partition coefficient (Wildman–Crippen LogP) is 0.0523. The van der Waals surface area contributed by atoms with E-state index in [0.717, 1.165) is 13.1 Å². The molecule has 84 valence electrons.